The topological polar surface area (TPSA) is 92.4 Å². The maximum Gasteiger partial charge on any atom is 0.305 e. The van der Waals surface area contributed by atoms with E-state index in [1.807, 2.05) is 18.2 Å². The molecule has 4 N–H and O–H groups in total. The molecule has 5 nitrogen and oxygen atoms in total. The molecular formula is C15H20N2O3. The van der Waals surface area contributed by atoms with Gasteiger partial charge in [-0.2, -0.15) is 0 Å². The van der Waals surface area contributed by atoms with E-state index in [1.54, 1.807) is 19.1 Å². The Morgan fingerprint density at radius 1 is 1.35 bits per heavy atom. The Bertz CT molecular complexity index is 507. The molecule has 0 spiro atoms. The van der Waals surface area contributed by atoms with Gasteiger partial charge in [-0.1, -0.05) is 30.3 Å². The lowest BCUT2D eigenvalue weighted by Crippen LogP contribution is -2.61. The summed E-state index contributed by atoms with van der Waals surface area (Å²) in [5, 5.41) is 11.8. The van der Waals surface area contributed by atoms with Gasteiger partial charge in [0.15, 0.2) is 0 Å². The highest BCUT2D eigenvalue weighted by molar-refractivity contribution is 5.88. The second-order valence-corrected chi connectivity index (χ2v) is 5.73. The SMILES string of the molecule is CC(N)(C(=O)NC1(CC(=O)O)CCC1)c1ccccc1. The molecule has 5 heteroatoms. The molecule has 2 rings (SSSR count). The number of benzene rings is 1. The number of carboxylic acids is 1. The van der Waals surface area contributed by atoms with Gasteiger partial charge < -0.3 is 16.2 Å². The summed E-state index contributed by atoms with van der Waals surface area (Å²) in [6, 6.07) is 9.10. The highest BCUT2D eigenvalue weighted by Crippen LogP contribution is 2.35. The van der Waals surface area contributed by atoms with Crippen molar-refractivity contribution in [2.45, 2.75) is 43.7 Å². The van der Waals surface area contributed by atoms with E-state index in [-0.39, 0.29) is 12.3 Å². The van der Waals surface area contributed by atoms with E-state index in [2.05, 4.69) is 5.32 Å². The van der Waals surface area contributed by atoms with Crippen LogP contribution in [0.4, 0.5) is 0 Å². The van der Waals surface area contributed by atoms with Gasteiger partial charge in [-0.15, -0.1) is 0 Å². The van der Waals surface area contributed by atoms with Crippen LogP contribution in [-0.4, -0.2) is 22.5 Å². The van der Waals surface area contributed by atoms with Gasteiger partial charge in [0.1, 0.15) is 5.54 Å². The zero-order chi connectivity index (χ0) is 14.8. The van der Waals surface area contributed by atoms with Crippen molar-refractivity contribution in [1.82, 2.24) is 5.32 Å². The van der Waals surface area contributed by atoms with Crippen LogP contribution in [0.25, 0.3) is 0 Å². The van der Waals surface area contributed by atoms with Gasteiger partial charge in [0, 0.05) is 0 Å². The first-order valence-corrected chi connectivity index (χ1v) is 6.75. The highest BCUT2D eigenvalue weighted by Gasteiger charge is 2.43. The van der Waals surface area contributed by atoms with E-state index < -0.39 is 17.0 Å². The van der Waals surface area contributed by atoms with Crippen LogP contribution in [0.2, 0.25) is 0 Å². The molecule has 1 aromatic carbocycles. The first-order chi connectivity index (χ1) is 9.36. The van der Waals surface area contributed by atoms with Gasteiger partial charge in [-0.3, -0.25) is 9.59 Å². The number of aliphatic carboxylic acids is 1. The molecule has 0 bridgehead atoms. The molecule has 1 fully saturated rings. The molecule has 1 atom stereocenters. The summed E-state index contributed by atoms with van der Waals surface area (Å²) in [5.74, 6) is -1.23. The molecule has 108 valence electrons. The fraction of sp³-hybridized carbons (Fsp3) is 0.467. The Hall–Kier alpha value is -1.88. The van der Waals surface area contributed by atoms with Gasteiger partial charge in [-0.25, -0.2) is 0 Å². The molecule has 1 saturated carbocycles. The average Bonchev–Trinajstić information content (AvgIpc) is 2.36. The van der Waals surface area contributed by atoms with E-state index >= 15 is 0 Å². The van der Waals surface area contributed by atoms with Gasteiger partial charge in [0.25, 0.3) is 0 Å². The molecule has 1 aliphatic rings. The summed E-state index contributed by atoms with van der Waals surface area (Å²) in [4.78, 5) is 23.4. The zero-order valence-electron chi connectivity index (χ0n) is 11.6. The smallest absolute Gasteiger partial charge is 0.305 e. The first-order valence-electron chi connectivity index (χ1n) is 6.75. The fourth-order valence-corrected chi connectivity index (χ4v) is 2.53. The van der Waals surface area contributed by atoms with Crippen LogP contribution in [0, 0.1) is 0 Å². The fourth-order valence-electron chi connectivity index (χ4n) is 2.53. The van der Waals surface area contributed by atoms with E-state index in [0.29, 0.717) is 18.4 Å². The van der Waals surface area contributed by atoms with Crippen molar-refractivity contribution in [2.75, 3.05) is 0 Å². The Balaban J connectivity index is 2.13. The standard InChI is InChI=1S/C15H20N2O3/c1-14(16,11-6-3-2-4-7-11)13(20)17-15(8-5-9-15)10-12(18)19/h2-4,6-7H,5,8-10,16H2,1H3,(H,17,20)(H,18,19). The van der Waals surface area contributed by atoms with E-state index in [0.717, 1.165) is 6.42 Å². The molecule has 0 aromatic heterocycles. The lowest BCUT2D eigenvalue weighted by atomic mass is 9.73. The predicted octanol–water partition coefficient (Wildman–Crippen LogP) is 1.37. The van der Waals surface area contributed by atoms with Crippen LogP contribution in [0.15, 0.2) is 30.3 Å². The van der Waals surface area contributed by atoms with Crippen molar-refractivity contribution in [1.29, 1.82) is 0 Å². The lowest BCUT2D eigenvalue weighted by molar-refractivity contribution is -0.141. The van der Waals surface area contributed by atoms with E-state index in [4.69, 9.17) is 10.8 Å². The second-order valence-electron chi connectivity index (χ2n) is 5.73. The number of hydrogen-bond acceptors (Lipinski definition) is 3. The minimum absolute atomic E-state index is 0.0520. The van der Waals surface area contributed by atoms with Crippen molar-refractivity contribution in [3.05, 3.63) is 35.9 Å². The van der Waals surface area contributed by atoms with Gasteiger partial charge >= 0.3 is 5.97 Å². The number of nitrogens with two attached hydrogens (primary N) is 1. The number of amides is 1. The average molecular weight is 276 g/mol. The third kappa shape index (κ3) is 2.82. The predicted molar refractivity (Wildman–Crippen MR) is 75.0 cm³/mol. The minimum Gasteiger partial charge on any atom is -0.481 e. The molecule has 1 aromatic rings. The number of carbonyl (C=O) groups is 2. The Morgan fingerprint density at radius 3 is 2.40 bits per heavy atom. The quantitative estimate of drug-likeness (QED) is 0.757. The molecule has 1 amide bonds. The largest absolute Gasteiger partial charge is 0.481 e. The summed E-state index contributed by atoms with van der Waals surface area (Å²) in [6.07, 6.45) is 2.26. The lowest BCUT2D eigenvalue weighted by Gasteiger charge is -2.43. The van der Waals surface area contributed by atoms with Crippen molar-refractivity contribution in [2.24, 2.45) is 5.73 Å². The molecule has 0 saturated heterocycles. The number of hydrogen-bond donors (Lipinski definition) is 3. The number of carboxylic acid groups (broad SMARTS) is 1. The van der Waals surface area contributed by atoms with Crippen LogP contribution in [0.1, 0.15) is 38.2 Å². The third-order valence-electron chi connectivity index (χ3n) is 4.02. The zero-order valence-corrected chi connectivity index (χ0v) is 11.6. The van der Waals surface area contributed by atoms with Crippen molar-refractivity contribution in [3.8, 4) is 0 Å². The number of rotatable bonds is 5. The first kappa shape index (κ1) is 14.5. The molecule has 1 unspecified atom stereocenters. The molecule has 0 heterocycles. The molecule has 20 heavy (non-hydrogen) atoms. The molecular weight excluding hydrogens is 256 g/mol. The summed E-state index contributed by atoms with van der Waals surface area (Å²) < 4.78 is 0. The maximum atomic E-state index is 12.4. The van der Waals surface area contributed by atoms with E-state index in [1.165, 1.54) is 0 Å². The van der Waals surface area contributed by atoms with Crippen LogP contribution >= 0.6 is 0 Å². The summed E-state index contributed by atoms with van der Waals surface area (Å²) in [6.45, 7) is 1.64. The third-order valence-corrected chi connectivity index (χ3v) is 4.02. The monoisotopic (exact) mass is 276 g/mol. The summed E-state index contributed by atoms with van der Waals surface area (Å²) in [7, 11) is 0. The van der Waals surface area contributed by atoms with Gasteiger partial charge in [0.05, 0.1) is 12.0 Å². The van der Waals surface area contributed by atoms with Crippen LogP contribution in [0.3, 0.4) is 0 Å². The highest BCUT2D eigenvalue weighted by atomic mass is 16.4. The summed E-state index contributed by atoms with van der Waals surface area (Å²) in [5.41, 5.74) is 5.06. The number of nitrogens with one attached hydrogen (secondary N) is 1. The maximum absolute atomic E-state index is 12.4. The Labute approximate surface area is 118 Å². The Morgan fingerprint density at radius 2 is 1.95 bits per heavy atom. The van der Waals surface area contributed by atoms with Crippen LogP contribution in [-0.2, 0) is 15.1 Å². The Kier molecular flexibility index (Phi) is 3.81. The summed E-state index contributed by atoms with van der Waals surface area (Å²) >= 11 is 0. The number of carbonyl (C=O) groups excluding carboxylic acids is 1. The molecule has 0 radical (unpaired) electrons. The molecule has 1 aliphatic carbocycles. The van der Waals surface area contributed by atoms with E-state index in [9.17, 15) is 9.59 Å². The van der Waals surface area contributed by atoms with Crippen molar-refractivity contribution >= 4 is 11.9 Å². The van der Waals surface area contributed by atoms with Crippen molar-refractivity contribution < 1.29 is 14.7 Å². The molecule has 0 aliphatic heterocycles. The van der Waals surface area contributed by atoms with Gasteiger partial charge in [0.2, 0.25) is 5.91 Å². The van der Waals surface area contributed by atoms with Crippen LogP contribution in [0.5, 0.6) is 0 Å². The van der Waals surface area contributed by atoms with Crippen molar-refractivity contribution in [3.63, 3.8) is 0 Å². The van der Waals surface area contributed by atoms with Gasteiger partial charge in [-0.05, 0) is 31.7 Å². The van der Waals surface area contributed by atoms with Crippen LogP contribution < -0.4 is 11.1 Å². The normalized spacial score (nSPS) is 19.5. The second kappa shape index (κ2) is 5.25. The minimum atomic E-state index is -1.16.